The molecule has 0 saturated heterocycles. The first kappa shape index (κ1) is 21.0. The van der Waals surface area contributed by atoms with Crippen molar-refractivity contribution in [1.82, 2.24) is 10.2 Å². The fourth-order valence-electron chi connectivity index (χ4n) is 3.74. The lowest BCUT2D eigenvalue weighted by molar-refractivity contribution is 0.0825. The summed E-state index contributed by atoms with van der Waals surface area (Å²) < 4.78 is 16.0. The molecule has 1 amide bonds. The van der Waals surface area contributed by atoms with E-state index in [1.807, 2.05) is 0 Å². The van der Waals surface area contributed by atoms with Gasteiger partial charge in [0.1, 0.15) is 0 Å². The fourth-order valence-corrected chi connectivity index (χ4v) is 3.74. The summed E-state index contributed by atoms with van der Waals surface area (Å²) in [6, 6.07) is 11.9. The first-order valence-corrected chi connectivity index (χ1v) is 9.79. The second-order valence-corrected chi connectivity index (χ2v) is 7.85. The molecule has 0 unspecified atom stereocenters. The molecule has 1 aliphatic heterocycles. The van der Waals surface area contributed by atoms with E-state index in [4.69, 9.17) is 14.2 Å². The number of amides is 1. The monoisotopic (exact) mass is 398 g/mol. The van der Waals surface area contributed by atoms with Gasteiger partial charge in [0, 0.05) is 30.7 Å². The maximum Gasteiger partial charge on any atom is 0.251 e. The van der Waals surface area contributed by atoms with Crippen molar-refractivity contribution >= 4 is 5.91 Å². The molecule has 0 saturated carbocycles. The van der Waals surface area contributed by atoms with Gasteiger partial charge in [0.2, 0.25) is 5.75 Å². The number of nitrogens with zero attached hydrogens (tertiary/aromatic N) is 1. The summed E-state index contributed by atoms with van der Waals surface area (Å²) in [5, 5.41) is 3.07. The van der Waals surface area contributed by atoms with Gasteiger partial charge in [-0.1, -0.05) is 24.3 Å². The molecule has 2 aromatic carbocycles. The number of ether oxygens (including phenoxy) is 3. The van der Waals surface area contributed by atoms with E-state index < -0.39 is 0 Å². The maximum atomic E-state index is 12.8. The Morgan fingerprint density at radius 1 is 1.03 bits per heavy atom. The minimum absolute atomic E-state index is 0.172. The molecule has 1 aliphatic rings. The zero-order valence-corrected chi connectivity index (χ0v) is 17.9. The average Bonchev–Trinajstić information content (AvgIpc) is 2.75. The summed E-state index contributed by atoms with van der Waals surface area (Å²) in [4.78, 5) is 15.2. The van der Waals surface area contributed by atoms with Crippen LogP contribution in [-0.2, 0) is 13.0 Å². The Morgan fingerprint density at radius 2 is 1.66 bits per heavy atom. The van der Waals surface area contributed by atoms with Crippen molar-refractivity contribution in [3.63, 3.8) is 0 Å². The van der Waals surface area contributed by atoms with Gasteiger partial charge in [-0.05, 0) is 43.5 Å². The van der Waals surface area contributed by atoms with Crippen LogP contribution in [-0.4, -0.2) is 50.8 Å². The molecule has 0 bridgehead atoms. The Bertz CT molecular complexity index is 854. The van der Waals surface area contributed by atoms with Crippen molar-refractivity contribution in [2.75, 3.05) is 34.4 Å². The quantitative estimate of drug-likeness (QED) is 0.776. The summed E-state index contributed by atoms with van der Waals surface area (Å²) in [5.74, 6) is 1.22. The molecule has 0 aromatic heterocycles. The number of benzene rings is 2. The largest absolute Gasteiger partial charge is 0.493 e. The van der Waals surface area contributed by atoms with E-state index >= 15 is 0 Å². The van der Waals surface area contributed by atoms with Crippen LogP contribution >= 0.6 is 0 Å². The van der Waals surface area contributed by atoms with Crippen LogP contribution in [0.5, 0.6) is 17.2 Å². The molecule has 6 heteroatoms. The molecule has 0 aliphatic carbocycles. The summed E-state index contributed by atoms with van der Waals surface area (Å²) in [6.45, 7) is 6.73. The number of nitrogens with one attached hydrogen (secondary N) is 1. The van der Waals surface area contributed by atoms with Gasteiger partial charge in [-0.25, -0.2) is 0 Å². The van der Waals surface area contributed by atoms with Crippen molar-refractivity contribution in [2.24, 2.45) is 0 Å². The molecular formula is C23H30N2O4. The highest BCUT2D eigenvalue weighted by Crippen LogP contribution is 2.38. The smallest absolute Gasteiger partial charge is 0.251 e. The van der Waals surface area contributed by atoms with Crippen molar-refractivity contribution in [2.45, 2.75) is 32.4 Å². The van der Waals surface area contributed by atoms with Crippen LogP contribution in [0.4, 0.5) is 0 Å². The van der Waals surface area contributed by atoms with E-state index in [1.165, 1.54) is 25.3 Å². The van der Waals surface area contributed by atoms with E-state index in [-0.39, 0.29) is 11.4 Å². The second kappa shape index (κ2) is 8.74. The molecule has 1 heterocycles. The molecule has 6 nitrogen and oxygen atoms in total. The Labute approximate surface area is 172 Å². The van der Waals surface area contributed by atoms with Crippen LogP contribution in [0.2, 0.25) is 0 Å². The maximum absolute atomic E-state index is 12.8. The first-order chi connectivity index (χ1) is 13.9. The van der Waals surface area contributed by atoms with Crippen LogP contribution in [0.3, 0.4) is 0 Å². The van der Waals surface area contributed by atoms with Gasteiger partial charge in [0.25, 0.3) is 5.91 Å². The Hall–Kier alpha value is -2.73. The second-order valence-electron chi connectivity index (χ2n) is 7.85. The zero-order chi connectivity index (χ0) is 21.0. The predicted octanol–water partition coefficient (Wildman–Crippen LogP) is 3.28. The number of methoxy groups -OCH3 is 3. The number of carbonyl (C=O) groups excluding carboxylic acids is 1. The van der Waals surface area contributed by atoms with Crippen LogP contribution in [0.25, 0.3) is 0 Å². The van der Waals surface area contributed by atoms with Crippen LogP contribution in [0, 0.1) is 0 Å². The standard InChI is InChI=1S/C23H30N2O4/c1-23(2,25-11-10-16-8-6-7-9-17(16)14-25)15-24-22(26)18-12-19(27-3)21(29-5)20(13-18)28-4/h6-9,12-13H,10-11,14-15H2,1-5H3,(H,24,26). The summed E-state index contributed by atoms with van der Waals surface area (Å²) in [5.41, 5.74) is 3.08. The Morgan fingerprint density at radius 3 is 2.24 bits per heavy atom. The van der Waals surface area contributed by atoms with Crippen LogP contribution in [0.15, 0.2) is 36.4 Å². The first-order valence-electron chi connectivity index (χ1n) is 9.79. The van der Waals surface area contributed by atoms with Crippen molar-refractivity contribution in [1.29, 1.82) is 0 Å². The lowest BCUT2D eigenvalue weighted by Gasteiger charge is -2.41. The highest BCUT2D eigenvalue weighted by Gasteiger charge is 2.30. The van der Waals surface area contributed by atoms with Gasteiger partial charge in [-0.3, -0.25) is 9.69 Å². The lowest BCUT2D eigenvalue weighted by Crippen LogP contribution is -2.53. The van der Waals surface area contributed by atoms with E-state index in [2.05, 4.69) is 48.3 Å². The molecule has 2 aromatic rings. The van der Waals surface area contributed by atoms with Crippen molar-refractivity contribution in [3.05, 3.63) is 53.1 Å². The zero-order valence-electron chi connectivity index (χ0n) is 17.9. The number of rotatable bonds is 7. The van der Waals surface area contributed by atoms with Gasteiger partial charge in [0.15, 0.2) is 11.5 Å². The molecule has 156 valence electrons. The Balaban J connectivity index is 1.70. The Kier molecular flexibility index (Phi) is 6.33. The van der Waals surface area contributed by atoms with Gasteiger partial charge < -0.3 is 19.5 Å². The highest BCUT2D eigenvalue weighted by molar-refractivity contribution is 5.95. The topological polar surface area (TPSA) is 60.0 Å². The van der Waals surface area contributed by atoms with Gasteiger partial charge in [0.05, 0.1) is 21.3 Å². The highest BCUT2D eigenvalue weighted by atomic mass is 16.5. The molecule has 0 radical (unpaired) electrons. The van der Waals surface area contributed by atoms with Gasteiger partial charge in [-0.15, -0.1) is 0 Å². The predicted molar refractivity (Wildman–Crippen MR) is 113 cm³/mol. The van der Waals surface area contributed by atoms with Gasteiger partial charge in [-0.2, -0.15) is 0 Å². The van der Waals surface area contributed by atoms with E-state index in [0.29, 0.717) is 29.4 Å². The number of hydrogen-bond donors (Lipinski definition) is 1. The third-order valence-corrected chi connectivity index (χ3v) is 5.60. The van der Waals surface area contributed by atoms with E-state index in [9.17, 15) is 4.79 Å². The minimum Gasteiger partial charge on any atom is -0.493 e. The number of hydrogen-bond acceptors (Lipinski definition) is 5. The lowest BCUT2D eigenvalue weighted by atomic mass is 9.94. The third-order valence-electron chi connectivity index (χ3n) is 5.60. The SMILES string of the molecule is COc1cc(C(=O)NCC(C)(C)N2CCc3ccccc3C2)cc(OC)c1OC. The minimum atomic E-state index is -0.177. The normalized spacial score (nSPS) is 14.1. The van der Waals surface area contributed by atoms with Gasteiger partial charge >= 0.3 is 0 Å². The summed E-state index contributed by atoms with van der Waals surface area (Å²) >= 11 is 0. The molecule has 1 N–H and O–H groups in total. The molecule has 0 spiro atoms. The fraction of sp³-hybridized carbons (Fsp3) is 0.435. The third kappa shape index (κ3) is 4.48. The molecule has 3 rings (SSSR count). The summed E-state index contributed by atoms with van der Waals surface area (Å²) in [7, 11) is 4.62. The number of carbonyl (C=O) groups is 1. The van der Waals surface area contributed by atoms with Crippen LogP contribution in [0.1, 0.15) is 35.3 Å². The summed E-state index contributed by atoms with van der Waals surface area (Å²) in [6.07, 6.45) is 1.03. The average molecular weight is 399 g/mol. The van der Waals surface area contributed by atoms with E-state index in [1.54, 1.807) is 19.2 Å². The molecule has 0 fully saturated rings. The molecular weight excluding hydrogens is 368 g/mol. The number of fused-ring (bicyclic) bond motifs is 1. The van der Waals surface area contributed by atoms with Crippen molar-refractivity contribution in [3.8, 4) is 17.2 Å². The molecule has 0 atom stereocenters. The van der Waals surface area contributed by atoms with E-state index in [0.717, 1.165) is 19.5 Å². The molecule has 29 heavy (non-hydrogen) atoms. The van der Waals surface area contributed by atoms with Crippen molar-refractivity contribution < 1.29 is 19.0 Å². The van der Waals surface area contributed by atoms with Crippen LogP contribution < -0.4 is 19.5 Å².